The van der Waals surface area contributed by atoms with Crippen molar-refractivity contribution in [2.45, 2.75) is 13.8 Å². The highest BCUT2D eigenvalue weighted by Gasteiger charge is 2.10. The maximum atomic E-state index is 11.5. The summed E-state index contributed by atoms with van der Waals surface area (Å²) in [7, 11) is 0. The highest BCUT2D eigenvalue weighted by molar-refractivity contribution is 5.89. The fraction of sp³-hybridized carbons (Fsp3) is 0.300. The van der Waals surface area contributed by atoms with Gasteiger partial charge in [-0.2, -0.15) is 9.50 Å². The number of carbonyl (C=O) groups is 2. The van der Waals surface area contributed by atoms with Crippen LogP contribution in [0.4, 0.5) is 10.7 Å². The molecule has 0 fully saturated rings. The number of carbonyl (C=O) groups excluding carboxylic acids is 2. The molecule has 2 aromatic rings. The van der Waals surface area contributed by atoms with E-state index >= 15 is 0 Å². The number of nitrogens with two attached hydrogens (primary N) is 1. The number of anilines is 1. The number of amides is 3. The molecule has 3 amide bonds. The Morgan fingerprint density at radius 1 is 1.30 bits per heavy atom. The van der Waals surface area contributed by atoms with Gasteiger partial charge in [-0.25, -0.2) is 15.2 Å². The molecule has 2 aromatic heterocycles. The zero-order chi connectivity index (χ0) is 14.7. The molecule has 0 saturated heterocycles. The second-order valence-electron chi connectivity index (χ2n) is 4.02. The van der Waals surface area contributed by atoms with Crippen molar-refractivity contribution in [3.63, 3.8) is 0 Å². The lowest BCUT2D eigenvalue weighted by atomic mass is 10.4. The Balaban J connectivity index is 2.08. The van der Waals surface area contributed by atoms with Crippen LogP contribution < -0.4 is 21.9 Å². The normalized spacial score (nSPS) is 10.3. The summed E-state index contributed by atoms with van der Waals surface area (Å²) in [5, 5.41) is 6.44. The molecule has 0 radical (unpaired) electrons. The number of aryl methyl sites for hydroxylation is 2. The Labute approximate surface area is 113 Å². The second-order valence-corrected chi connectivity index (χ2v) is 4.02. The topological polar surface area (TPSA) is 139 Å². The van der Waals surface area contributed by atoms with Gasteiger partial charge in [0.25, 0.3) is 17.6 Å². The zero-order valence-corrected chi connectivity index (χ0v) is 11.0. The number of hydrogen-bond donors (Lipinski definition) is 4. The number of hydrazine groups is 1. The molecule has 0 aliphatic carbocycles. The molecule has 20 heavy (non-hydrogen) atoms. The third kappa shape index (κ3) is 2.98. The molecule has 0 aliphatic heterocycles. The maximum absolute atomic E-state index is 11.5. The van der Waals surface area contributed by atoms with Crippen LogP contribution in [0.2, 0.25) is 0 Å². The summed E-state index contributed by atoms with van der Waals surface area (Å²) in [6.45, 7) is 3.46. The molecule has 0 aromatic carbocycles. The molecular formula is C10H14N8O2. The third-order valence-electron chi connectivity index (χ3n) is 2.34. The lowest BCUT2D eigenvalue weighted by Gasteiger charge is -2.04. The van der Waals surface area contributed by atoms with Crippen molar-refractivity contribution in [2.24, 2.45) is 5.73 Å². The van der Waals surface area contributed by atoms with Gasteiger partial charge in [0, 0.05) is 11.4 Å². The van der Waals surface area contributed by atoms with Crippen molar-refractivity contribution < 1.29 is 9.59 Å². The van der Waals surface area contributed by atoms with Crippen LogP contribution in [0, 0.1) is 13.8 Å². The fourth-order valence-corrected chi connectivity index (χ4v) is 1.53. The molecule has 2 heterocycles. The molecule has 0 saturated carbocycles. The van der Waals surface area contributed by atoms with Gasteiger partial charge in [0.05, 0.1) is 6.54 Å². The van der Waals surface area contributed by atoms with Gasteiger partial charge in [0.2, 0.25) is 0 Å². The predicted octanol–water partition coefficient (Wildman–Crippen LogP) is -1.15. The first-order valence-corrected chi connectivity index (χ1v) is 5.76. The van der Waals surface area contributed by atoms with E-state index in [0.717, 1.165) is 11.4 Å². The minimum Gasteiger partial charge on any atom is -0.322 e. The first kappa shape index (κ1) is 13.7. The molecule has 0 atom stereocenters. The maximum Gasteiger partial charge on any atom is 0.340 e. The van der Waals surface area contributed by atoms with E-state index in [9.17, 15) is 9.59 Å². The quantitative estimate of drug-likeness (QED) is 0.512. The van der Waals surface area contributed by atoms with E-state index in [2.05, 4.69) is 31.2 Å². The Kier molecular flexibility index (Phi) is 3.75. The molecule has 0 aliphatic rings. The highest BCUT2D eigenvalue weighted by atomic mass is 16.2. The molecular weight excluding hydrogens is 264 g/mol. The van der Waals surface area contributed by atoms with Crippen LogP contribution in [-0.4, -0.2) is 38.1 Å². The molecule has 0 bridgehead atoms. The van der Waals surface area contributed by atoms with Gasteiger partial charge in [-0.3, -0.25) is 15.5 Å². The van der Waals surface area contributed by atoms with E-state index in [4.69, 9.17) is 5.73 Å². The van der Waals surface area contributed by atoms with E-state index in [1.807, 2.05) is 19.9 Å². The molecule has 0 spiro atoms. The molecule has 106 valence electrons. The summed E-state index contributed by atoms with van der Waals surface area (Å²) < 4.78 is 1.50. The number of fused-ring (bicyclic) bond motifs is 1. The lowest BCUT2D eigenvalue weighted by molar-refractivity contribution is -0.120. The highest BCUT2D eigenvalue weighted by Crippen LogP contribution is 2.07. The van der Waals surface area contributed by atoms with Crippen molar-refractivity contribution in [1.82, 2.24) is 30.4 Å². The van der Waals surface area contributed by atoms with Gasteiger partial charge in [0.15, 0.2) is 0 Å². The number of urea groups is 1. The van der Waals surface area contributed by atoms with Crippen molar-refractivity contribution in [1.29, 1.82) is 0 Å². The third-order valence-corrected chi connectivity index (χ3v) is 2.34. The fourth-order valence-electron chi connectivity index (χ4n) is 1.53. The number of nitrogens with one attached hydrogen (secondary N) is 3. The van der Waals surface area contributed by atoms with Crippen molar-refractivity contribution in [3.8, 4) is 0 Å². The van der Waals surface area contributed by atoms with Crippen molar-refractivity contribution in [2.75, 3.05) is 11.9 Å². The van der Waals surface area contributed by atoms with E-state index in [1.54, 1.807) is 0 Å². The SMILES string of the molecule is Cc1cc(C)n2nc(NC(=O)NNC(=O)CN)nc2n1. The molecule has 2 rings (SSSR count). The summed E-state index contributed by atoms with van der Waals surface area (Å²) in [5.74, 6) is -0.0641. The van der Waals surface area contributed by atoms with Gasteiger partial charge in [-0.1, -0.05) is 0 Å². The number of aromatic nitrogens is 4. The van der Waals surface area contributed by atoms with E-state index in [0.29, 0.717) is 5.78 Å². The van der Waals surface area contributed by atoms with Gasteiger partial charge in [0.1, 0.15) is 0 Å². The summed E-state index contributed by atoms with van der Waals surface area (Å²) in [6.07, 6.45) is 0. The van der Waals surface area contributed by atoms with Crippen molar-refractivity contribution >= 4 is 23.7 Å². The average molecular weight is 278 g/mol. The summed E-state index contributed by atoms with van der Waals surface area (Å²) in [5.41, 5.74) is 10.9. The summed E-state index contributed by atoms with van der Waals surface area (Å²) in [6, 6.07) is 1.16. The second kappa shape index (κ2) is 5.48. The number of rotatable bonds is 2. The minimum atomic E-state index is -0.683. The number of nitrogens with zero attached hydrogens (tertiary/aromatic N) is 4. The van der Waals surface area contributed by atoms with E-state index in [1.165, 1.54) is 4.52 Å². The lowest BCUT2D eigenvalue weighted by Crippen LogP contribution is -2.46. The standard InChI is InChI=1S/C10H14N8O2/c1-5-3-6(2)18-9(12-5)13-8(17-18)14-10(20)16-15-7(19)4-11/h3H,4,11H2,1-2H3,(H,15,19)(H2,14,16,17,20). The Morgan fingerprint density at radius 2 is 2.05 bits per heavy atom. The smallest absolute Gasteiger partial charge is 0.322 e. The molecule has 10 nitrogen and oxygen atoms in total. The monoisotopic (exact) mass is 278 g/mol. The van der Waals surface area contributed by atoms with Crippen LogP contribution >= 0.6 is 0 Å². The minimum absolute atomic E-state index is 0.0747. The average Bonchev–Trinajstić information content (AvgIpc) is 2.78. The van der Waals surface area contributed by atoms with E-state index in [-0.39, 0.29) is 12.5 Å². The van der Waals surface area contributed by atoms with E-state index < -0.39 is 11.9 Å². The molecule has 5 N–H and O–H groups in total. The van der Waals surface area contributed by atoms with Gasteiger partial charge in [-0.05, 0) is 19.9 Å². The largest absolute Gasteiger partial charge is 0.340 e. The zero-order valence-electron chi connectivity index (χ0n) is 11.0. The van der Waals surface area contributed by atoms with Crippen LogP contribution in [0.1, 0.15) is 11.4 Å². The van der Waals surface area contributed by atoms with Crippen LogP contribution in [-0.2, 0) is 4.79 Å². The first-order valence-electron chi connectivity index (χ1n) is 5.76. The van der Waals surface area contributed by atoms with Gasteiger partial charge in [-0.15, -0.1) is 5.10 Å². The van der Waals surface area contributed by atoms with Gasteiger partial charge >= 0.3 is 6.03 Å². The van der Waals surface area contributed by atoms with Crippen LogP contribution in [0.5, 0.6) is 0 Å². The summed E-state index contributed by atoms with van der Waals surface area (Å²) in [4.78, 5) is 30.6. The molecule has 0 unspecified atom stereocenters. The summed E-state index contributed by atoms with van der Waals surface area (Å²) >= 11 is 0. The first-order chi connectivity index (χ1) is 9.49. The van der Waals surface area contributed by atoms with Gasteiger partial charge < -0.3 is 5.73 Å². The Hall–Kier alpha value is -2.75. The van der Waals surface area contributed by atoms with Crippen LogP contribution in [0.3, 0.4) is 0 Å². The predicted molar refractivity (Wildman–Crippen MR) is 69.6 cm³/mol. The van der Waals surface area contributed by atoms with Crippen LogP contribution in [0.25, 0.3) is 5.78 Å². The number of hydrogen-bond acceptors (Lipinski definition) is 6. The molecule has 10 heteroatoms. The van der Waals surface area contributed by atoms with Crippen molar-refractivity contribution in [3.05, 3.63) is 17.5 Å². The Bertz CT molecular complexity index is 665. The van der Waals surface area contributed by atoms with Crippen LogP contribution in [0.15, 0.2) is 6.07 Å². The Morgan fingerprint density at radius 3 is 2.75 bits per heavy atom.